The fourth-order valence-electron chi connectivity index (χ4n) is 0.290. The highest BCUT2D eigenvalue weighted by atomic mass is 16.6. The monoisotopic (exact) mass is 116 g/mol. The van der Waals surface area contributed by atoms with Gasteiger partial charge in [0.15, 0.2) is 0 Å². The molecule has 0 aliphatic carbocycles. The van der Waals surface area contributed by atoms with E-state index in [2.05, 4.69) is 0 Å². The Morgan fingerprint density at radius 1 is 1.75 bits per heavy atom. The van der Waals surface area contributed by atoms with Crippen LogP contribution in [0.3, 0.4) is 0 Å². The van der Waals surface area contributed by atoms with Crippen LogP contribution in [0.15, 0.2) is 12.0 Å². The number of aliphatic hydroxyl groups is 1. The van der Waals surface area contributed by atoms with Gasteiger partial charge < -0.3 is 9.84 Å². The lowest BCUT2D eigenvalue weighted by Gasteiger charge is -1.99. The lowest BCUT2D eigenvalue weighted by molar-refractivity contribution is 0.0931. The van der Waals surface area contributed by atoms with Crippen molar-refractivity contribution in [2.24, 2.45) is 0 Å². The molecule has 0 heterocycles. The Kier molecular flexibility index (Phi) is 4.13. The van der Waals surface area contributed by atoms with Gasteiger partial charge in [0.1, 0.15) is 0 Å². The molecule has 0 saturated carbocycles. The van der Waals surface area contributed by atoms with Crippen molar-refractivity contribution >= 4 is 0 Å². The zero-order valence-corrected chi connectivity index (χ0v) is 5.35. The lowest BCUT2D eigenvalue weighted by Crippen LogP contribution is -1.90. The summed E-state index contributed by atoms with van der Waals surface area (Å²) in [4.78, 5) is 0. The maximum atomic E-state index is 8.63. The molecule has 0 atom stereocenters. The van der Waals surface area contributed by atoms with Crippen LogP contribution in [-0.4, -0.2) is 11.7 Å². The van der Waals surface area contributed by atoms with Gasteiger partial charge >= 0.3 is 0 Å². The van der Waals surface area contributed by atoms with Crippen LogP contribution in [0.25, 0.3) is 0 Å². The minimum Gasteiger partial charge on any atom is -0.481 e. The number of hydrogen-bond acceptors (Lipinski definition) is 2. The van der Waals surface area contributed by atoms with Crippen LogP contribution < -0.4 is 0 Å². The van der Waals surface area contributed by atoms with Gasteiger partial charge in [-0.1, -0.05) is 6.92 Å². The molecule has 2 heteroatoms. The third-order valence-corrected chi connectivity index (χ3v) is 0.701. The van der Waals surface area contributed by atoms with Gasteiger partial charge in [-0.15, -0.1) is 0 Å². The first-order valence-electron chi connectivity index (χ1n) is 2.79. The van der Waals surface area contributed by atoms with E-state index in [-0.39, 0.29) is 5.95 Å². The second kappa shape index (κ2) is 4.50. The van der Waals surface area contributed by atoms with E-state index in [0.717, 1.165) is 6.42 Å². The Bertz CT molecular complexity index is 76.6. The minimum atomic E-state index is 0.0202. The molecular formula is C6H12O2. The molecule has 0 radical (unpaired) electrons. The first-order chi connectivity index (χ1) is 3.81. The summed E-state index contributed by atoms with van der Waals surface area (Å²) < 4.78 is 4.76. The van der Waals surface area contributed by atoms with Crippen molar-refractivity contribution in [3.05, 3.63) is 12.0 Å². The zero-order valence-electron chi connectivity index (χ0n) is 5.35. The number of hydrogen-bond donors (Lipinski definition) is 1. The molecule has 0 bridgehead atoms. The van der Waals surface area contributed by atoms with E-state index >= 15 is 0 Å². The molecule has 0 aliphatic heterocycles. The van der Waals surface area contributed by atoms with Crippen molar-refractivity contribution in [2.75, 3.05) is 6.61 Å². The molecule has 0 aromatic rings. The molecule has 0 amide bonds. The maximum Gasteiger partial charge on any atom is 0.272 e. The van der Waals surface area contributed by atoms with Gasteiger partial charge in [-0.05, 0) is 19.4 Å². The Morgan fingerprint density at radius 3 is 2.75 bits per heavy atom. The standard InChI is InChI=1S/C6H12O2/c1-3-5-8-6(7)4-2/h4,7H,3,5H2,1-2H3. The quantitative estimate of drug-likeness (QED) is 0.570. The van der Waals surface area contributed by atoms with Crippen molar-refractivity contribution in [1.82, 2.24) is 0 Å². The van der Waals surface area contributed by atoms with E-state index in [1.54, 1.807) is 6.92 Å². The summed E-state index contributed by atoms with van der Waals surface area (Å²) in [5.74, 6) is 0.0202. The predicted molar refractivity (Wildman–Crippen MR) is 32.6 cm³/mol. The Balaban J connectivity index is 3.12. The Labute approximate surface area is 49.8 Å². The molecule has 0 unspecified atom stereocenters. The van der Waals surface area contributed by atoms with Crippen LogP contribution in [0.2, 0.25) is 0 Å². The van der Waals surface area contributed by atoms with Crippen LogP contribution in [-0.2, 0) is 4.74 Å². The summed E-state index contributed by atoms with van der Waals surface area (Å²) in [5.41, 5.74) is 0. The van der Waals surface area contributed by atoms with Gasteiger partial charge in [0.05, 0.1) is 6.61 Å². The average molecular weight is 116 g/mol. The molecule has 0 spiro atoms. The van der Waals surface area contributed by atoms with Crippen LogP contribution >= 0.6 is 0 Å². The number of ether oxygens (including phenoxy) is 1. The van der Waals surface area contributed by atoms with E-state index in [1.165, 1.54) is 6.08 Å². The predicted octanol–water partition coefficient (Wildman–Crippen LogP) is 1.83. The molecule has 0 aliphatic rings. The third kappa shape index (κ3) is 3.53. The normalized spacial score (nSPS) is 11.5. The zero-order chi connectivity index (χ0) is 6.41. The Morgan fingerprint density at radius 2 is 2.38 bits per heavy atom. The second-order valence-corrected chi connectivity index (χ2v) is 1.48. The van der Waals surface area contributed by atoms with Crippen molar-refractivity contribution in [3.63, 3.8) is 0 Å². The van der Waals surface area contributed by atoms with Crippen molar-refractivity contribution in [3.8, 4) is 0 Å². The SMILES string of the molecule is CC=C(O)OCCC. The van der Waals surface area contributed by atoms with Crippen molar-refractivity contribution in [2.45, 2.75) is 20.3 Å². The molecule has 0 fully saturated rings. The first kappa shape index (κ1) is 7.34. The molecule has 0 aromatic carbocycles. The topological polar surface area (TPSA) is 29.5 Å². The fourth-order valence-corrected chi connectivity index (χ4v) is 0.290. The molecule has 1 N–H and O–H groups in total. The molecule has 0 saturated heterocycles. The van der Waals surface area contributed by atoms with Crippen LogP contribution in [0.5, 0.6) is 0 Å². The maximum absolute atomic E-state index is 8.63. The van der Waals surface area contributed by atoms with Gasteiger partial charge in [-0.3, -0.25) is 0 Å². The highest BCUT2D eigenvalue weighted by Gasteiger charge is 1.85. The molecule has 48 valence electrons. The van der Waals surface area contributed by atoms with E-state index in [0.29, 0.717) is 6.61 Å². The highest BCUT2D eigenvalue weighted by molar-refractivity contribution is 4.75. The summed E-state index contributed by atoms with van der Waals surface area (Å²) >= 11 is 0. The second-order valence-electron chi connectivity index (χ2n) is 1.48. The average Bonchev–Trinajstić information content (AvgIpc) is 1.83. The summed E-state index contributed by atoms with van der Waals surface area (Å²) in [6.07, 6.45) is 2.45. The van der Waals surface area contributed by atoms with Gasteiger partial charge in [-0.25, -0.2) is 0 Å². The fraction of sp³-hybridized carbons (Fsp3) is 0.667. The Hall–Kier alpha value is -0.660. The van der Waals surface area contributed by atoms with E-state index in [1.807, 2.05) is 6.92 Å². The number of allylic oxidation sites excluding steroid dienone is 1. The smallest absolute Gasteiger partial charge is 0.272 e. The van der Waals surface area contributed by atoms with E-state index < -0.39 is 0 Å². The molecule has 0 aromatic heterocycles. The summed E-state index contributed by atoms with van der Waals surface area (Å²) in [5, 5.41) is 8.63. The van der Waals surface area contributed by atoms with Gasteiger partial charge in [0.25, 0.3) is 5.95 Å². The van der Waals surface area contributed by atoms with Gasteiger partial charge in [0.2, 0.25) is 0 Å². The third-order valence-electron chi connectivity index (χ3n) is 0.701. The van der Waals surface area contributed by atoms with Crippen molar-refractivity contribution in [1.29, 1.82) is 0 Å². The molecule has 8 heavy (non-hydrogen) atoms. The lowest BCUT2D eigenvalue weighted by atomic mass is 10.5. The van der Waals surface area contributed by atoms with E-state index in [4.69, 9.17) is 9.84 Å². The molecular weight excluding hydrogens is 104 g/mol. The number of rotatable bonds is 3. The van der Waals surface area contributed by atoms with Crippen LogP contribution in [0.1, 0.15) is 20.3 Å². The number of aliphatic hydroxyl groups excluding tert-OH is 1. The van der Waals surface area contributed by atoms with Crippen molar-refractivity contribution < 1.29 is 9.84 Å². The first-order valence-corrected chi connectivity index (χ1v) is 2.79. The largest absolute Gasteiger partial charge is 0.481 e. The summed E-state index contributed by atoms with van der Waals surface area (Å²) in [6.45, 7) is 4.31. The highest BCUT2D eigenvalue weighted by Crippen LogP contribution is 1.90. The molecule has 0 rings (SSSR count). The summed E-state index contributed by atoms with van der Waals surface area (Å²) in [6, 6.07) is 0. The molecule has 2 nitrogen and oxygen atoms in total. The van der Waals surface area contributed by atoms with Crippen LogP contribution in [0.4, 0.5) is 0 Å². The van der Waals surface area contributed by atoms with Gasteiger partial charge in [-0.2, -0.15) is 0 Å². The van der Waals surface area contributed by atoms with Crippen LogP contribution in [0, 0.1) is 0 Å². The summed E-state index contributed by atoms with van der Waals surface area (Å²) in [7, 11) is 0. The van der Waals surface area contributed by atoms with Gasteiger partial charge in [0, 0.05) is 0 Å². The van der Waals surface area contributed by atoms with E-state index in [9.17, 15) is 0 Å². The minimum absolute atomic E-state index is 0.0202.